The van der Waals surface area contributed by atoms with Crippen LogP contribution in [-0.2, 0) is 6.54 Å². The van der Waals surface area contributed by atoms with E-state index in [4.69, 9.17) is 0 Å². The zero-order valence-corrected chi connectivity index (χ0v) is 17.2. The maximum absolute atomic E-state index is 10.2. The molecule has 0 aliphatic heterocycles. The van der Waals surface area contributed by atoms with E-state index in [1.807, 2.05) is 49.7 Å². The van der Waals surface area contributed by atoms with Crippen molar-refractivity contribution >= 4 is 41.3 Å². The minimum Gasteiger partial charge on any atom is -0.388 e. The molecule has 1 heterocycles. The van der Waals surface area contributed by atoms with E-state index in [1.54, 1.807) is 11.3 Å². The molecule has 5 nitrogen and oxygen atoms in total. The third-order valence-corrected chi connectivity index (χ3v) is 4.38. The lowest BCUT2D eigenvalue weighted by Gasteiger charge is -2.14. The van der Waals surface area contributed by atoms with Crippen LogP contribution in [0.15, 0.2) is 40.8 Å². The van der Waals surface area contributed by atoms with E-state index in [0.717, 1.165) is 23.8 Å². The van der Waals surface area contributed by atoms with E-state index in [-0.39, 0.29) is 24.0 Å². The first kappa shape index (κ1) is 20.9. The number of benzene rings is 1. The van der Waals surface area contributed by atoms with Crippen molar-refractivity contribution in [3.05, 3.63) is 52.0 Å². The Kier molecular flexibility index (Phi) is 9.89. The molecule has 0 aliphatic rings. The number of aliphatic hydroxyl groups excluding tert-OH is 1. The van der Waals surface area contributed by atoms with Crippen molar-refractivity contribution in [3.63, 3.8) is 0 Å². The Bertz CT molecular complexity index is 618. The van der Waals surface area contributed by atoms with Gasteiger partial charge in [0.2, 0.25) is 0 Å². The molecule has 0 fully saturated rings. The van der Waals surface area contributed by atoms with Gasteiger partial charge in [-0.3, -0.25) is 0 Å². The van der Waals surface area contributed by atoms with Gasteiger partial charge in [-0.15, -0.1) is 35.3 Å². The van der Waals surface area contributed by atoms with Gasteiger partial charge in [0.25, 0.3) is 0 Å². The van der Waals surface area contributed by atoms with Gasteiger partial charge in [0.15, 0.2) is 5.96 Å². The summed E-state index contributed by atoms with van der Waals surface area (Å²) in [5.41, 5.74) is 3.82. The second-order valence-electron chi connectivity index (χ2n) is 5.20. The zero-order valence-electron chi connectivity index (χ0n) is 14.0. The number of aromatic nitrogens is 1. The van der Waals surface area contributed by atoms with Crippen molar-refractivity contribution in [2.75, 3.05) is 13.1 Å². The van der Waals surface area contributed by atoms with Crippen molar-refractivity contribution in [3.8, 4) is 0 Å². The molecular formula is C17H25IN4OS. The lowest BCUT2D eigenvalue weighted by atomic mass is 10.1. The fraction of sp³-hybridized carbons (Fsp3) is 0.412. The van der Waals surface area contributed by atoms with Crippen molar-refractivity contribution < 1.29 is 5.11 Å². The SMILES string of the molecule is CCNC(=NCc1scnc1C)NCCC(O)c1ccccc1.I. The number of nitrogens with one attached hydrogen (secondary N) is 2. The molecule has 1 aromatic heterocycles. The standard InChI is InChI=1S/C17H24N4OS.HI/c1-3-18-17(20-11-16-13(2)21-12-23-16)19-10-9-15(22)14-7-5-4-6-8-14;/h4-8,12,15,22H,3,9-11H2,1-2H3,(H2,18,19,20);1H. The van der Waals surface area contributed by atoms with Crippen LogP contribution >= 0.6 is 35.3 Å². The fourth-order valence-corrected chi connectivity index (χ4v) is 2.84. The molecular weight excluding hydrogens is 435 g/mol. The summed E-state index contributed by atoms with van der Waals surface area (Å²) in [6.07, 6.45) is 0.170. The lowest BCUT2D eigenvalue weighted by molar-refractivity contribution is 0.168. The summed E-state index contributed by atoms with van der Waals surface area (Å²) in [6.45, 7) is 6.11. The van der Waals surface area contributed by atoms with E-state index in [9.17, 15) is 5.11 Å². The largest absolute Gasteiger partial charge is 0.388 e. The van der Waals surface area contributed by atoms with Crippen LogP contribution in [0.2, 0.25) is 0 Å². The van der Waals surface area contributed by atoms with Gasteiger partial charge in [0.1, 0.15) is 0 Å². The Hall–Kier alpha value is -1.19. The van der Waals surface area contributed by atoms with Crippen LogP contribution < -0.4 is 10.6 Å². The zero-order chi connectivity index (χ0) is 16.5. The number of aryl methyl sites for hydroxylation is 1. The van der Waals surface area contributed by atoms with E-state index >= 15 is 0 Å². The number of hydrogen-bond acceptors (Lipinski definition) is 4. The Balaban J connectivity index is 0.00000288. The first-order valence-electron chi connectivity index (χ1n) is 7.85. The van der Waals surface area contributed by atoms with E-state index in [0.29, 0.717) is 19.5 Å². The Labute approximate surface area is 164 Å². The minimum absolute atomic E-state index is 0. The summed E-state index contributed by atoms with van der Waals surface area (Å²) in [4.78, 5) is 9.98. The average Bonchev–Trinajstić information content (AvgIpc) is 2.98. The summed E-state index contributed by atoms with van der Waals surface area (Å²) in [6, 6.07) is 9.71. The van der Waals surface area contributed by atoms with Gasteiger partial charge < -0.3 is 15.7 Å². The highest BCUT2D eigenvalue weighted by Crippen LogP contribution is 2.15. The first-order chi connectivity index (χ1) is 11.2. The highest BCUT2D eigenvalue weighted by molar-refractivity contribution is 14.0. The van der Waals surface area contributed by atoms with E-state index < -0.39 is 6.10 Å². The highest BCUT2D eigenvalue weighted by atomic mass is 127. The molecule has 0 bridgehead atoms. The number of aliphatic imine (C=N–C) groups is 1. The molecule has 7 heteroatoms. The van der Waals surface area contributed by atoms with Crippen molar-refractivity contribution in [2.24, 2.45) is 4.99 Å². The smallest absolute Gasteiger partial charge is 0.191 e. The van der Waals surface area contributed by atoms with Crippen molar-refractivity contribution in [2.45, 2.75) is 32.9 Å². The molecule has 0 amide bonds. The van der Waals surface area contributed by atoms with Crippen LogP contribution in [0, 0.1) is 6.92 Å². The molecule has 0 saturated carbocycles. The summed E-state index contributed by atoms with van der Waals surface area (Å²) in [5.74, 6) is 0.764. The first-order valence-corrected chi connectivity index (χ1v) is 8.72. The van der Waals surface area contributed by atoms with Gasteiger partial charge >= 0.3 is 0 Å². The molecule has 2 aromatic rings. The van der Waals surface area contributed by atoms with Crippen LogP contribution in [0.4, 0.5) is 0 Å². The van der Waals surface area contributed by atoms with Crippen LogP contribution in [0.5, 0.6) is 0 Å². The van der Waals surface area contributed by atoms with Gasteiger partial charge in [-0.05, 0) is 25.8 Å². The predicted molar refractivity (Wildman–Crippen MR) is 111 cm³/mol. The number of halogens is 1. The normalized spacial score (nSPS) is 12.4. The molecule has 0 aliphatic carbocycles. The van der Waals surface area contributed by atoms with Crippen molar-refractivity contribution in [1.29, 1.82) is 0 Å². The average molecular weight is 460 g/mol. The quantitative estimate of drug-likeness (QED) is 0.337. The van der Waals surface area contributed by atoms with Crippen LogP contribution in [0.3, 0.4) is 0 Å². The second kappa shape index (κ2) is 11.4. The molecule has 1 atom stereocenters. The molecule has 0 radical (unpaired) electrons. The monoisotopic (exact) mass is 460 g/mol. The van der Waals surface area contributed by atoms with Gasteiger partial charge in [-0.25, -0.2) is 9.98 Å². The molecule has 132 valence electrons. The topological polar surface area (TPSA) is 69.5 Å². The molecule has 0 saturated heterocycles. The van der Waals surface area contributed by atoms with Crippen molar-refractivity contribution in [1.82, 2.24) is 15.6 Å². The fourth-order valence-electron chi connectivity index (χ4n) is 2.14. The number of aliphatic hydroxyl groups is 1. The van der Waals surface area contributed by atoms with Crippen LogP contribution in [-0.4, -0.2) is 29.1 Å². The van der Waals surface area contributed by atoms with Gasteiger partial charge in [-0.2, -0.15) is 0 Å². The molecule has 3 N–H and O–H groups in total. The molecule has 24 heavy (non-hydrogen) atoms. The van der Waals surface area contributed by atoms with E-state index in [2.05, 4.69) is 20.6 Å². The second-order valence-corrected chi connectivity index (χ2v) is 6.14. The maximum Gasteiger partial charge on any atom is 0.191 e. The summed E-state index contributed by atoms with van der Waals surface area (Å²) in [5, 5.41) is 16.7. The molecule has 0 spiro atoms. The summed E-state index contributed by atoms with van der Waals surface area (Å²) < 4.78 is 0. The summed E-state index contributed by atoms with van der Waals surface area (Å²) in [7, 11) is 0. The van der Waals surface area contributed by atoms with Crippen LogP contribution in [0.1, 0.15) is 35.6 Å². The highest BCUT2D eigenvalue weighted by Gasteiger charge is 2.07. The Morgan fingerprint density at radius 3 is 2.67 bits per heavy atom. The Morgan fingerprint density at radius 2 is 2.04 bits per heavy atom. The van der Waals surface area contributed by atoms with Gasteiger partial charge in [0.05, 0.1) is 23.9 Å². The number of hydrogen-bond donors (Lipinski definition) is 3. The number of nitrogens with zero attached hydrogens (tertiary/aromatic N) is 2. The molecule has 1 aromatic carbocycles. The lowest BCUT2D eigenvalue weighted by Crippen LogP contribution is -2.38. The Morgan fingerprint density at radius 1 is 1.29 bits per heavy atom. The molecule has 1 unspecified atom stereocenters. The number of thiazole rings is 1. The summed E-state index contributed by atoms with van der Waals surface area (Å²) >= 11 is 1.62. The third-order valence-electron chi connectivity index (χ3n) is 3.46. The van der Waals surface area contributed by atoms with E-state index in [1.165, 1.54) is 4.88 Å². The maximum atomic E-state index is 10.2. The third kappa shape index (κ3) is 6.74. The molecule has 2 rings (SSSR count). The predicted octanol–water partition coefficient (Wildman–Crippen LogP) is 3.25. The van der Waals surface area contributed by atoms with Crippen LogP contribution in [0.25, 0.3) is 0 Å². The van der Waals surface area contributed by atoms with Gasteiger partial charge in [-0.1, -0.05) is 30.3 Å². The number of rotatable bonds is 7. The minimum atomic E-state index is -0.463. The number of guanidine groups is 1. The van der Waals surface area contributed by atoms with Gasteiger partial charge in [0, 0.05) is 18.0 Å².